The van der Waals surface area contributed by atoms with Gasteiger partial charge >= 0.3 is 5.97 Å². The van der Waals surface area contributed by atoms with E-state index in [-0.39, 0.29) is 24.3 Å². The molecular weight excluding hydrogens is 274 g/mol. The fourth-order valence-electron chi connectivity index (χ4n) is 1.79. The van der Waals surface area contributed by atoms with Crippen molar-refractivity contribution in [3.63, 3.8) is 0 Å². The Hall–Kier alpha value is -2.14. The average Bonchev–Trinajstić information content (AvgIpc) is 3.01. The van der Waals surface area contributed by atoms with Gasteiger partial charge in [-0.05, 0) is 23.6 Å². The molecule has 4 nitrogen and oxygen atoms in total. The number of hydrogen-bond donors (Lipinski definition) is 1. The van der Waals surface area contributed by atoms with Crippen molar-refractivity contribution in [1.82, 2.24) is 5.32 Å². The number of benzene rings is 1. The zero-order valence-corrected chi connectivity index (χ0v) is 11.9. The van der Waals surface area contributed by atoms with Gasteiger partial charge in [0, 0.05) is 10.4 Å². The Morgan fingerprint density at radius 3 is 2.55 bits per heavy atom. The van der Waals surface area contributed by atoms with Crippen LogP contribution in [0, 0.1) is 0 Å². The SMILES string of the molecule is COC(=O)C[C@H](NC(=O)c1ccccc1)c1cccs1. The van der Waals surface area contributed by atoms with Crippen molar-refractivity contribution in [1.29, 1.82) is 0 Å². The Bertz CT molecular complexity index is 566. The van der Waals surface area contributed by atoms with Crippen LogP contribution in [-0.4, -0.2) is 19.0 Å². The number of rotatable bonds is 5. The molecular formula is C15H15NO3S. The van der Waals surface area contributed by atoms with Crippen LogP contribution in [0.15, 0.2) is 47.8 Å². The number of carbonyl (C=O) groups excluding carboxylic acids is 2. The van der Waals surface area contributed by atoms with E-state index in [0.717, 1.165) is 4.88 Å². The van der Waals surface area contributed by atoms with E-state index in [2.05, 4.69) is 10.1 Å². The summed E-state index contributed by atoms with van der Waals surface area (Å²) in [5.74, 6) is -0.551. The molecule has 0 saturated heterocycles. The number of methoxy groups -OCH3 is 1. The molecule has 0 bridgehead atoms. The second kappa shape index (κ2) is 6.86. The van der Waals surface area contributed by atoms with Crippen LogP contribution in [0.5, 0.6) is 0 Å². The van der Waals surface area contributed by atoms with Crippen molar-refractivity contribution < 1.29 is 14.3 Å². The maximum absolute atomic E-state index is 12.2. The molecule has 1 N–H and O–H groups in total. The molecule has 5 heteroatoms. The Morgan fingerprint density at radius 1 is 1.20 bits per heavy atom. The predicted octanol–water partition coefficient (Wildman–Crippen LogP) is 2.78. The number of thiophene rings is 1. The normalized spacial score (nSPS) is 11.7. The van der Waals surface area contributed by atoms with E-state index in [1.165, 1.54) is 18.4 Å². The van der Waals surface area contributed by atoms with Crippen LogP contribution >= 0.6 is 11.3 Å². The minimum Gasteiger partial charge on any atom is -0.469 e. The van der Waals surface area contributed by atoms with E-state index in [1.54, 1.807) is 24.3 Å². The first-order chi connectivity index (χ1) is 9.70. The van der Waals surface area contributed by atoms with Crippen LogP contribution in [0.25, 0.3) is 0 Å². The third-order valence-electron chi connectivity index (χ3n) is 2.83. The van der Waals surface area contributed by atoms with Crippen molar-refractivity contribution >= 4 is 23.2 Å². The highest BCUT2D eigenvalue weighted by Gasteiger charge is 2.20. The minimum atomic E-state index is -0.366. The van der Waals surface area contributed by atoms with Gasteiger partial charge in [0.25, 0.3) is 5.91 Å². The van der Waals surface area contributed by atoms with Crippen LogP contribution in [-0.2, 0) is 9.53 Å². The van der Waals surface area contributed by atoms with Gasteiger partial charge in [0.2, 0.25) is 0 Å². The third-order valence-corrected chi connectivity index (χ3v) is 3.81. The number of hydrogen-bond acceptors (Lipinski definition) is 4. The van der Waals surface area contributed by atoms with Gasteiger partial charge in [-0.2, -0.15) is 0 Å². The second-order valence-corrected chi connectivity index (χ2v) is 5.17. The average molecular weight is 289 g/mol. The van der Waals surface area contributed by atoms with Gasteiger partial charge in [0.05, 0.1) is 19.6 Å². The quantitative estimate of drug-likeness (QED) is 0.861. The summed E-state index contributed by atoms with van der Waals surface area (Å²) in [6.07, 6.45) is 0.121. The van der Waals surface area contributed by atoms with Gasteiger partial charge in [0.15, 0.2) is 0 Å². The van der Waals surface area contributed by atoms with Crippen molar-refractivity contribution in [2.75, 3.05) is 7.11 Å². The summed E-state index contributed by atoms with van der Waals surface area (Å²) in [5, 5.41) is 4.78. The van der Waals surface area contributed by atoms with Crippen molar-refractivity contribution in [2.24, 2.45) is 0 Å². The lowest BCUT2D eigenvalue weighted by atomic mass is 10.1. The molecule has 0 aliphatic heterocycles. The van der Waals surface area contributed by atoms with Gasteiger partial charge in [0.1, 0.15) is 0 Å². The summed E-state index contributed by atoms with van der Waals surface area (Å²) >= 11 is 1.50. The molecule has 1 amide bonds. The van der Waals surface area contributed by atoms with E-state index in [9.17, 15) is 9.59 Å². The summed E-state index contributed by atoms with van der Waals surface area (Å²) in [6, 6.07) is 12.3. The number of nitrogens with one attached hydrogen (secondary N) is 1. The number of carbonyl (C=O) groups is 2. The predicted molar refractivity (Wildman–Crippen MR) is 77.6 cm³/mol. The fourth-order valence-corrected chi connectivity index (χ4v) is 2.57. The zero-order chi connectivity index (χ0) is 14.4. The molecule has 0 saturated carbocycles. The summed E-state index contributed by atoms with van der Waals surface area (Å²) in [4.78, 5) is 24.6. The summed E-state index contributed by atoms with van der Waals surface area (Å²) in [5.41, 5.74) is 0.568. The highest BCUT2D eigenvalue weighted by atomic mass is 32.1. The molecule has 0 aliphatic rings. The van der Waals surface area contributed by atoms with Gasteiger partial charge in [-0.3, -0.25) is 9.59 Å². The van der Waals surface area contributed by atoms with Crippen LogP contribution in [0.2, 0.25) is 0 Å². The van der Waals surface area contributed by atoms with Crippen LogP contribution in [0.4, 0.5) is 0 Å². The molecule has 104 valence electrons. The highest BCUT2D eigenvalue weighted by Crippen LogP contribution is 2.23. The largest absolute Gasteiger partial charge is 0.469 e. The molecule has 1 atom stereocenters. The van der Waals surface area contributed by atoms with Gasteiger partial charge in [-0.1, -0.05) is 24.3 Å². The van der Waals surface area contributed by atoms with E-state index in [4.69, 9.17) is 0 Å². The van der Waals surface area contributed by atoms with Crippen molar-refractivity contribution in [3.05, 3.63) is 58.3 Å². The van der Waals surface area contributed by atoms with E-state index < -0.39 is 0 Å². The Balaban J connectivity index is 2.12. The second-order valence-electron chi connectivity index (χ2n) is 4.19. The van der Waals surface area contributed by atoms with Crippen LogP contribution < -0.4 is 5.32 Å². The Morgan fingerprint density at radius 2 is 1.95 bits per heavy atom. The molecule has 0 unspecified atom stereocenters. The maximum Gasteiger partial charge on any atom is 0.307 e. The smallest absolute Gasteiger partial charge is 0.307 e. The molecule has 2 rings (SSSR count). The first-order valence-corrected chi connectivity index (χ1v) is 7.05. The summed E-state index contributed by atoms with van der Waals surface area (Å²) in [6.45, 7) is 0. The van der Waals surface area contributed by atoms with Gasteiger partial charge in [-0.15, -0.1) is 11.3 Å². The minimum absolute atomic E-state index is 0.121. The maximum atomic E-state index is 12.2. The van der Waals surface area contributed by atoms with Gasteiger partial charge < -0.3 is 10.1 Å². The highest BCUT2D eigenvalue weighted by molar-refractivity contribution is 7.10. The topological polar surface area (TPSA) is 55.4 Å². The fraction of sp³-hybridized carbons (Fsp3) is 0.200. The first kappa shape index (κ1) is 14.3. The molecule has 0 aliphatic carbocycles. The van der Waals surface area contributed by atoms with Crippen molar-refractivity contribution in [3.8, 4) is 0 Å². The van der Waals surface area contributed by atoms with Gasteiger partial charge in [-0.25, -0.2) is 0 Å². The van der Waals surface area contributed by atoms with E-state index in [1.807, 2.05) is 23.6 Å². The Labute approximate surface area is 121 Å². The third kappa shape index (κ3) is 3.68. The monoisotopic (exact) mass is 289 g/mol. The van der Waals surface area contributed by atoms with Crippen LogP contribution in [0.1, 0.15) is 27.7 Å². The van der Waals surface area contributed by atoms with Crippen LogP contribution in [0.3, 0.4) is 0 Å². The lowest BCUT2D eigenvalue weighted by molar-refractivity contribution is -0.141. The molecule has 0 fully saturated rings. The molecule has 1 aromatic carbocycles. The number of ether oxygens (including phenoxy) is 1. The lowest BCUT2D eigenvalue weighted by Gasteiger charge is -2.16. The Kier molecular flexibility index (Phi) is 4.90. The molecule has 0 radical (unpaired) electrons. The molecule has 2 aromatic rings. The molecule has 1 aromatic heterocycles. The molecule has 0 spiro atoms. The number of amides is 1. The lowest BCUT2D eigenvalue weighted by Crippen LogP contribution is -2.29. The summed E-state index contributed by atoms with van der Waals surface area (Å²) < 4.78 is 4.68. The van der Waals surface area contributed by atoms with Crippen molar-refractivity contribution in [2.45, 2.75) is 12.5 Å². The van der Waals surface area contributed by atoms with E-state index in [0.29, 0.717) is 5.56 Å². The number of esters is 1. The van der Waals surface area contributed by atoms with E-state index >= 15 is 0 Å². The molecule has 1 heterocycles. The standard InChI is InChI=1S/C15H15NO3S/c1-19-14(17)10-12(13-8-5-9-20-13)16-15(18)11-6-3-2-4-7-11/h2-9,12H,10H2,1H3,(H,16,18)/t12-/m0/s1. The molecule has 20 heavy (non-hydrogen) atoms. The summed E-state index contributed by atoms with van der Waals surface area (Å²) in [7, 11) is 1.34. The first-order valence-electron chi connectivity index (χ1n) is 6.17. The zero-order valence-electron chi connectivity index (χ0n) is 11.0.